The number of pyridine rings is 1. The van der Waals surface area contributed by atoms with E-state index in [1.807, 2.05) is 55.5 Å². The molecule has 0 saturated heterocycles. The highest BCUT2D eigenvalue weighted by Crippen LogP contribution is 2.27. The zero-order valence-corrected chi connectivity index (χ0v) is 16.0. The number of anilines is 1. The number of rotatable bonds is 3. The van der Waals surface area contributed by atoms with Crippen molar-refractivity contribution in [2.45, 2.75) is 6.92 Å². The number of carbonyl (C=O) groups excluding carboxylic acids is 1. The number of halogens is 1. The molecule has 0 aliphatic rings. The Morgan fingerprint density at radius 3 is 2.77 bits per heavy atom. The summed E-state index contributed by atoms with van der Waals surface area (Å²) in [6, 6.07) is 16.8. The second-order valence-corrected chi connectivity index (χ2v) is 7.08. The highest BCUT2D eigenvalue weighted by Gasteiger charge is 2.12. The predicted molar refractivity (Wildman–Crippen MR) is 109 cm³/mol. The molecule has 0 unspecified atom stereocenters. The number of carbonyl (C=O) groups is 1. The fraction of sp³-hybridized carbons (Fsp3) is 0.0500. The SMILES string of the molecule is Cc1cc(-c2nc3ncccc3o2)ccc1NC(=O)c1cccc(I)c1. The smallest absolute Gasteiger partial charge is 0.255 e. The van der Waals surface area contributed by atoms with Crippen LogP contribution in [-0.4, -0.2) is 15.9 Å². The molecule has 0 aliphatic heterocycles. The maximum Gasteiger partial charge on any atom is 0.255 e. The highest BCUT2D eigenvalue weighted by molar-refractivity contribution is 14.1. The van der Waals surface area contributed by atoms with E-state index in [1.54, 1.807) is 12.3 Å². The van der Waals surface area contributed by atoms with Crippen molar-refractivity contribution in [1.82, 2.24) is 9.97 Å². The van der Waals surface area contributed by atoms with Crippen molar-refractivity contribution in [3.8, 4) is 11.5 Å². The Hall–Kier alpha value is -2.74. The zero-order chi connectivity index (χ0) is 18.1. The molecule has 1 amide bonds. The van der Waals surface area contributed by atoms with Crippen molar-refractivity contribution in [1.29, 1.82) is 0 Å². The lowest BCUT2D eigenvalue weighted by Crippen LogP contribution is -2.12. The first-order valence-electron chi connectivity index (χ1n) is 8.00. The predicted octanol–water partition coefficient (Wildman–Crippen LogP) is 5.06. The Balaban J connectivity index is 1.60. The van der Waals surface area contributed by atoms with E-state index < -0.39 is 0 Å². The Kier molecular flexibility index (Phi) is 4.42. The van der Waals surface area contributed by atoms with Gasteiger partial charge in [0.05, 0.1) is 0 Å². The summed E-state index contributed by atoms with van der Waals surface area (Å²) in [5, 5.41) is 2.95. The molecule has 0 radical (unpaired) electrons. The van der Waals surface area contributed by atoms with Crippen LogP contribution in [0.1, 0.15) is 15.9 Å². The molecule has 2 aromatic carbocycles. The van der Waals surface area contributed by atoms with E-state index in [2.05, 4.69) is 37.9 Å². The van der Waals surface area contributed by atoms with E-state index in [0.717, 1.165) is 20.4 Å². The quantitative estimate of drug-likeness (QED) is 0.439. The Labute approximate surface area is 163 Å². The van der Waals surface area contributed by atoms with Gasteiger partial charge in [0.15, 0.2) is 11.2 Å². The van der Waals surface area contributed by atoms with E-state index in [-0.39, 0.29) is 5.91 Å². The standard InChI is InChI=1S/C20H14IN3O2/c1-12-10-14(20-24-18-17(26-20)6-3-9-22-18)7-8-16(12)23-19(25)13-4-2-5-15(21)11-13/h2-11H,1H3,(H,23,25). The number of nitrogens with one attached hydrogen (secondary N) is 1. The van der Waals surface area contributed by atoms with Gasteiger partial charge in [0, 0.05) is 26.6 Å². The van der Waals surface area contributed by atoms with Gasteiger partial charge in [0.25, 0.3) is 5.91 Å². The van der Waals surface area contributed by atoms with Crippen molar-refractivity contribution < 1.29 is 9.21 Å². The van der Waals surface area contributed by atoms with Crippen molar-refractivity contribution in [2.24, 2.45) is 0 Å². The lowest BCUT2D eigenvalue weighted by molar-refractivity contribution is 0.102. The molecule has 4 rings (SSSR count). The number of fused-ring (bicyclic) bond motifs is 1. The van der Waals surface area contributed by atoms with Crippen molar-refractivity contribution in [3.05, 3.63) is 75.5 Å². The maximum absolute atomic E-state index is 12.4. The van der Waals surface area contributed by atoms with Gasteiger partial charge in [0.1, 0.15) is 0 Å². The Morgan fingerprint density at radius 1 is 1.12 bits per heavy atom. The van der Waals surface area contributed by atoms with Gasteiger partial charge >= 0.3 is 0 Å². The number of amides is 1. The van der Waals surface area contributed by atoms with Crippen LogP contribution in [0.5, 0.6) is 0 Å². The van der Waals surface area contributed by atoms with E-state index in [1.165, 1.54) is 0 Å². The molecule has 1 N–H and O–H groups in total. The van der Waals surface area contributed by atoms with Gasteiger partial charge in [-0.2, -0.15) is 4.98 Å². The number of aromatic nitrogens is 2. The lowest BCUT2D eigenvalue weighted by atomic mass is 10.1. The third-order valence-corrected chi connectivity index (χ3v) is 4.64. The molecule has 0 atom stereocenters. The average molecular weight is 455 g/mol. The minimum absolute atomic E-state index is 0.134. The molecule has 0 bridgehead atoms. The molecule has 6 heteroatoms. The first kappa shape index (κ1) is 16.7. The summed E-state index contributed by atoms with van der Waals surface area (Å²) >= 11 is 2.19. The van der Waals surface area contributed by atoms with Gasteiger partial charge in [-0.1, -0.05) is 6.07 Å². The third kappa shape index (κ3) is 3.32. The number of hydrogen-bond acceptors (Lipinski definition) is 4. The van der Waals surface area contributed by atoms with Gasteiger partial charge in [0.2, 0.25) is 5.89 Å². The molecule has 0 fully saturated rings. The Morgan fingerprint density at radius 2 is 2.00 bits per heavy atom. The normalized spacial score (nSPS) is 10.8. The maximum atomic E-state index is 12.4. The van der Waals surface area contributed by atoms with Crippen molar-refractivity contribution >= 4 is 45.4 Å². The lowest BCUT2D eigenvalue weighted by Gasteiger charge is -2.09. The van der Waals surface area contributed by atoms with Crippen LogP contribution in [-0.2, 0) is 0 Å². The Bertz CT molecular complexity index is 1090. The van der Waals surface area contributed by atoms with Crippen molar-refractivity contribution in [2.75, 3.05) is 5.32 Å². The number of nitrogens with zero attached hydrogens (tertiary/aromatic N) is 2. The molecule has 5 nitrogen and oxygen atoms in total. The van der Waals surface area contributed by atoms with Crippen LogP contribution < -0.4 is 5.32 Å². The van der Waals surface area contributed by atoms with Crippen molar-refractivity contribution in [3.63, 3.8) is 0 Å². The summed E-state index contributed by atoms with van der Waals surface area (Å²) in [6.07, 6.45) is 1.68. The summed E-state index contributed by atoms with van der Waals surface area (Å²) in [6.45, 7) is 1.94. The first-order chi connectivity index (χ1) is 12.6. The molecule has 0 aliphatic carbocycles. The van der Waals surface area contributed by atoms with Gasteiger partial charge in [-0.3, -0.25) is 4.79 Å². The van der Waals surface area contributed by atoms with E-state index in [9.17, 15) is 4.79 Å². The molecule has 0 saturated carbocycles. The summed E-state index contributed by atoms with van der Waals surface area (Å²) in [5.74, 6) is 0.378. The van der Waals surface area contributed by atoms with Crippen LogP contribution in [0, 0.1) is 10.5 Å². The minimum Gasteiger partial charge on any atom is -0.434 e. The highest BCUT2D eigenvalue weighted by atomic mass is 127. The molecule has 26 heavy (non-hydrogen) atoms. The van der Waals surface area contributed by atoms with Gasteiger partial charge in [-0.05, 0) is 83.6 Å². The summed E-state index contributed by atoms with van der Waals surface area (Å²) in [7, 11) is 0. The van der Waals surface area contributed by atoms with Crippen LogP contribution in [0.4, 0.5) is 5.69 Å². The molecular weight excluding hydrogens is 441 g/mol. The van der Waals surface area contributed by atoms with Crippen LogP contribution in [0.2, 0.25) is 0 Å². The summed E-state index contributed by atoms with van der Waals surface area (Å²) in [4.78, 5) is 21.0. The van der Waals surface area contributed by atoms with Crippen LogP contribution in [0.25, 0.3) is 22.7 Å². The third-order valence-electron chi connectivity index (χ3n) is 3.97. The number of benzene rings is 2. The van der Waals surface area contributed by atoms with Gasteiger partial charge in [-0.15, -0.1) is 0 Å². The molecule has 4 aromatic rings. The summed E-state index contributed by atoms with van der Waals surface area (Å²) in [5.41, 5.74) is 4.38. The summed E-state index contributed by atoms with van der Waals surface area (Å²) < 4.78 is 6.77. The monoisotopic (exact) mass is 455 g/mol. The number of aryl methyl sites for hydroxylation is 1. The zero-order valence-electron chi connectivity index (χ0n) is 13.9. The van der Waals surface area contributed by atoms with E-state index >= 15 is 0 Å². The van der Waals surface area contributed by atoms with Crippen LogP contribution >= 0.6 is 22.6 Å². The second-order valence-electron chi connectivity index (χ2n) is 5.84. The molecule has 2 heterocycles. The van der Waals surface area contributed by atoms with E-state index in [4.69, 9.17) is 4.42 Å². The minimum atomic E-state index is -0.134. The van der Waals surface area contributed by atoms with Gasteiger partial charge in [-0.25, -0.2) is 4.98 Å². The number of oxazole rings is 1. The van der Waals surface area contributed by atoms with Gasteiger partial charge < -0.3 is 9.73 Å². The number of hydrogen-bond donors (Lipinski definition) is 1. The first-order valence-corrected chi connectivity index (χ1v) is 9.07. The van der Waals surface area contributed by atoms with Crippen LogP contribution in [0.3, 0.4) is 0 Å². The molecule has 0 spiro atoms. The molecule has 2 aromatic heterocycles. The van der Waals surface area contributed by atoms with Crippen LogP contribution in [0.15, 0.2) is 65.2 Å². The topological polar surface area (TPSA) is 68.0 Å². The molecule has 128 valence electrons. The fourth-order valence-electron chi connectivity index (χ4n) is 2.65. The van der Waals surface area contributed by atoms with E-state index in [0.29, 0.717) is 22.7 Å². The second kappa shape index (κ2) is 6.87. The molecular formula is C20H14IN3O2. The largest absolute Gasteiger partial charge is 0.434 e. The average Bonchev–Trinajstić information content (AvgIpc) is 3.07. The fourth-order valence-corrected chi connectivity index (χ4v) is 3.20.